The molecule has 3 rings (SSSR count). The molecular formula is C16H17NOS. The first kappa shape index (κ1) is 12.6. The van der Waals surface area contributed by atoms with Crippen LogP contribution in [0.25, 0.3) is 0 Å². The van der Waals surface area contributed by atoms with Crippen molar-refractivity contribution in [2.75, 3.05) is 13.1 Å². The number of thiophene rings is 1. The maximum Gasteiger partial charge on any atom is 0.176 e. The molecule has 1 unspecified atom stereocenters. The minimum Gasteiger partial charge on any atom is -0.293 e. The third-order valence-electron chi connectivity index (χ3n) is 3.85. The summed E-state index contributed by atoms with van der Waals surface area (Å²) in [6.45, 7) is 3.69. The van der Waals surface area contributed by atoms with Crippen LogP contribution in [0, 0.1) is 0 Å². The van der Waals surface area contributed by atoms with E-state index in [1.54, 1.807) is 0 Å². The number of hydrogen-bond acceptors (Lipinski definition) is 3. The molecule has 1 aliphatic heterocycles. The largest absolute Gasteiger partial charge is 0.293 e. The molecule has 0 saturated heterocycles. The summed E-state index contributed by atoms with van der Waals surface area (Å²) in [5, 5.41) is 2.16. The van der Waals surface area contributed by atoms with Crippen LogP contribution < -0.4 is 0 Å². The van der Waals surface area contributed by atoms with Crippen LogP contribution in [0.4, 0.5) is 0 Å². The van der Waals surface area contributed by atoms with Gasteiger partial charge in [-0.3, -0.25) is 9.69 Å². The van der Waals surface area contributed by atoms with Crippen LogP contribution >= 0.6 is 11.3 Å². The van der Waals surface area contributed by atoms with Gasteiger partial charge in [-0.25, -0.2) is 0 Å². The van der Waals surface area contributed by atoms with Gasteiger partial charge in [0, 0.05) is 23.0 Å². The van der Waals surface area contributed by atoms with Crippen molar-refractivity contribution in [1.29, 1.82) is 0 Å². The van der Waals surface area contributed by atoms with E-state index in [1.807, 2.05) is 41.7 Å². The van der Waals surface area contributed by atoms with E-state index >= 15 is 0 Å². The fraction of sp³-hybridized carbons (Fsp3) is 0.312. The highest BCUT2D eigenvalue weighted by molar-refractivity contribution is 7.10. The van der Waals surface area contributed by atoms with Crippen LogP contribution in [0.3, 0.4) is 0 Å². The highest BCUT2D eigenvalue weighted by Crippen LogP contribution is 2.32. The molecule has 19 heavy (non-hydrogen) atoms. The molecule has 2 aromatic rings. The minimum absolute atomic E-state index is 0.214. The summed E-state index contributed by atoms with van der Waals surface area (Å²) >= 11 is 1.83. The summed E-state index contributed by atoms with van der Waals surface area (Å²) in [5.74, 6) is 0.214. The summed E-state index contributed by atoms with van der Waals surface area (Å²) < 4.78 is 0. The molecule has 0 spiro atoms. The zero-order valence-electron chi connectivity index (χ0n) is 11.0. The maximum absolute atomic E-state index is 12.3. The molecule has 2 nitrogen and oxygen atoms in total. The van der Waals surface area contributed by atoms with Gasteiger partial charge < -0.3 is 0 Å². The molecule has 1 aromatic carbocycles. The number of nitrogens with zero attached hydrogens (tertiary/aromatic N) is 1. The summed E-state index contributed by atoms with van der Waals surface area (Å²) in [6.07, 6.45) is 1.07. The Morgan fingerprint density at radius 2 is 2.11 bits per heavy atom. The lowest BCUT2D eigenvalue weighted by Crippen LogP contribution is -2.37. The third-order valence-corrected chi connectivity index (χ3v) is 4.84. The van der Waals surface area contributed by atoms with Crippen LogP contribution in [-0.4, -0.2) is 23.8 Å². The number of Topliss-reactive ketones (excluding diaryl/α,β-unsaturated/α-hetero) is 1. The summed E-state index contributed by atoms with van der Waals surface area (Å²) in [4.78, 5) is 16.0. The van der Waals surface area contributed by atoms with Crippen LogP contribution in [0.5, 0.6) is 0 Å². The van der Waals surface area contributed by atoms with E-state index in [2.05, 4.69) is 23.3 Å². The predicted octanol–water partition coefficient (Wildman–Crippen LogP) is 3.55. The Bertz CT molecular complexity index is 575. The van der Waals surface area contributed by atoms with Gasteiger partial charge in [0.05, 0.1) is 6.54 Å². The van der Waals surface area contributed by atoms with Crippen LogP contribution in [0.1, 0.15) is 33.8 Å². The summed E-state index contributed by atoms with van der Waals surface area (Å²) in [6, 6.07) is 12.1. The molecule has 0 bridgehead atoms. The van der Waals surface area contributed by atoms with Gasteiger partial charge in [-0.1, -0.05) is 30.3 Å². The molecule has 1 aromatic heterocycles. The monoisotopic (exact) mass is 271 g/mol. The third kappa shape index (κ3) is 2.48. The number of carbonyl (C=O) groups is 1. The van der Waals surface area contributed by atoms with Crippen molar-refractivity contribution in [3.8, 4) is 0 Å². The van der Waals surface area contributed by atoms with Gasteiger partial charge in [0.15, 0.2) is 5.78 Å². The molecule has 0 saturated carbocycles. The highest BCUT2D eigenvalue weighted by atomic mass is 32.1. The van der Waals surface area contributed by atoms with Gasteiger partial charge in [-0.15, -0.1) is 11.3 Å². The first-order chi connectivity index (χ1) is 9.25. The standard InChI is InChI=1S/C16H17NOS/c1-12-14-8-10-19-16(14)7-9-17(12)11-15(18)13-5-3-2-4-6-13/h2-6,8,10,12H,7,9,11H2,1H3. The average molecular weight is 271 g/mol. The Balaban J connectivity index is 1.73. The lowest BCUT2D eigenvalue weighted by atomic mass is 10.0. The van der Waals surface area contributed by atoms with E-state index in [1.165, 1.54) is 10.4 Å². The molecule has 0 aliphatic carbocycles. The lowest BCUT2D eigenvalue weighted by Gasteiger charge is -2.32. The molecule has 0 amide bonds. The highest BCUT2D eigenvalue weighted by Gasteiger charge is 2.26. The zero-order chi connectivity index (χ0) is 13.2. The topological polar surface area (TPSA) is 20.3 Å². The molecule has 0 N–H and O–H groups in total. The van der Waals surface area contributed by atoms with Crippen LogP contribution in [-0.2, 0) is 6.42 Å². The van der Waals surface area contributed by atoms with Crippen molar-refractivity contribution in [3.05, 3.63) is 57.8 Å². The first-order valence-corrected chi connectivity index (χ1v) is 7.52. The first-order valence-electron chi connectivity index (χ1n) is 6.64. The fourth-order valence-corrected chi connectivity index (χ4v) is 3.64. The fourth-order valence-electron chi connectivity index (χ4n) is 2.68. The number of benzene rings is 1. The van der Waals surface area contributed by atoms with Crippen LogP contribution in [0.2, 0.25) is 0 Å². The van der Waals surface area contributed by atoms with Crippen LogP contribution in [0.15, 0.2) is 41.8 Å². The Kier molecular flexibility index (Phi) is 3.49. The summed E-state index contributed by atoms with van der Waals surface area (Å²) in [5.41, 5.74) is 2.21. The second kappa shape index (κ2) is 5.27. The van der Waals surface area contributed by atoms with Gasteiger partial charge in [-0.2, -0.15) is 0 Å². The van der Waals surface area contributed by atoms with E-state index in [0.717, 1.165) is 18.5 Å². The molecule has 0 fully saturated rings. The van der Waals surface area contributed by atoms with Crippen molar-refractivity contribution in [1.82, 2.24) is 4.90 Å². The number of hydrogen-bond donors (Lipinski definition) is 0. The van der Waals surface area contributed by atoms with E-state index in [4.69, 9.17) is 0 Å². The average Bonchev–Trinajstić information content (AvgIpc) is 2.92. The normalized spacial score (nSPS) is 19.1. The Hall–Kier alpha value is -1.45. The van der Waals surface area contributed by atoms with Crippen molar-refractivity contribution in [3.63, 3.8) is 0 Å². The molecule has 1 atom stereocenters. The van der Waals surface area contributed by atoms with Gasteiger partial charge in [-0.05, 0) is 30.4 Å². The lowest BCUT2D eigenvalue weighted by molar-refractivity contribution is 0.0891. The molecular weight excluding hydrogens is 254 g/mol. The zero-order valence-corrected chi connectivity index (χ0v) is 11.8. The number of fused-ring (bicyclic) bond motifs is 1. The van der Waals surface area contributed by atoms with E-state index in [0.29, 0.717) is 12.6 Å². The predicted molar refractivity (Wildman–Crippen MR) is 78.8 cm³/mol. The van der Waals surface area contributed by atoms with Crippen molar-refractivity contribution < 1.29 is 4.79 Å². The SMILES string of the molecule is CC1c2ccsc2CCN1CC(=O)c1ccccc1. The van der Waals surface area contributed by atoms with Gasteiger partial charge >= 0.3 is 0 Å². The number of ketones is 1. The molecule has 3 heteroatoms. The Morgan fingerprint density at radius 1 is 1.32 bits per heavy atom. The molecule has 0 radical (unpaired) electrons. The van der Waals surface area contributed by atoms with E-state index in [-0.39, 0.29) is 5.78 Å². The van der Waals surface area contributed by atoms with Gasteiger partial charge in [0.2, 0.25) is 0 Å². The Morgan fingerprint density at radius 3 is 2.89 bits per heavy atom. The quantitative estimate of drug-likeness (QED) is 0.796. The number of carbonyl (C=O) groups excluding carboxylic acids is 1. The molecule has 98 valence electrons. The maximum atomic E-state index is 12.3. The number of rotatable bonds is 3. The second-order valence-electron chi connectivity index (χ2n) is 4.98. The Labute approximate surface area is 117 Å². The minimum atomic E-state index is 0.214. The van der Waals surface area contributed by atoms with Gasteiger partial charge in [0.25, 0.3) is 0 Å². The molecule has 2 heterocycles. The van der Waals surface area contributed by atoms with Crippen molar-refractivity contribution in [2.24, 2.45) is 0 Å². The molecule has 1 aliphatic rings. The smallest absolute Gasteiger partial charge is 0.176 e. The van der Waals surface area contributed by atoms with Gasteiger partial charge in [0.1, 0.15) is 0 Å². The summed E-state index contributed by atoms with van der Waals surface area (Å²) in [7, 11) is 0. The van der Waals surface area contributed by atoms with Crippen molar-refractivity contribution >= 4 is 17.1 Å². The second-order valence-corrected chi connectivity index (χ2v) is 5.99. The van der Waals surface area contributed by atoms with Crippen molar-refractivity contribution in [2.45, 2.75) is 19.4 Å². The van der Waals surface area contributed by atoms with E-state index in [9.17, 15) is 4.79 Å². The van der Waals surface area contributed by atoms with E-state index < -0.39 is 0 Å².